The van der Waals surface area contributed by atoms with E-state index in [1.54, 1.807) is 13.2 Å². The van der Waals surface area contributed by atoms with Gasteiger partial charge in [-0.2, -0.15) is 0 Å². The zero-order valence-electron chi connectivity index (χ0n) is 15.3. The average molecular weight is 366 g/mol. The van der Waals surface area contributed by atoms with E-state index in [2.05, 4.69) is 15.5 Å². The summed E-state index contributed by atoms with van der Waals surface area (Å²) in [7, 11) is 1.57. The van der Waals surface area contributed by atoms with E-state index in [0.29, 0.717) is 28.8 Å². The number of nitrogens with one attached hydrogen (secondary N) is 1. The van der Waals surface area contributed by atoms with Gasteiger partial charge < -0.3 is 20.9 Å². The molecule has 0 spiro atoms. The van der Waals surface area contributed by atoms with E-state index >= 15 is 0 Å². The second-order valence-corrected chi connectivity index (χ2v) is 6.07. The van der Waals surface area contributed by atoms with E-state index in [1.807, 2.05) is 37.3 Å². The molecule has 2 aromatic carbocycles. The Kier molecular flexibility index (Phi) is 5.52. The predicted octanol–water partition coefficient (Wildman–Crippen LogP) is 2.52. The highest BCUT2D eigenvalue weighted by molar-refractivity contribution is 6.08. The molecule has 0 fully saturated rings. The maximum Gasteiger partial charge on any atom is 0.273 e. The van der Waals surface area contributed by atoms with Gasteiger partial charge in [0.2, 0.25) is 0 Å². The SMILES string of the molecule is CCCNC(=O)c1nnc2c(-c3c(CO)cccc3OC)cccc2c1N. The molecular weight excluding hydrogens is 344 g/mol. The van der Waals surface area contributed by atoms with Crippen molar-refractivity contribution in [3.05, 3.63) is 47.7 Å². The number of nitrogens with two attached hydrogens (primary N) is 1. The van der Waals surface area contributed by atoms with Crippen LogP contribution in [0.1, 0.15) is 29.4 Å². The number of ether oxygens (including phenoxy) is 1. The lowest BCUT2D eigenvalue weighted by molar-refractivity contribution is 0.0949. The third-order valence-corrected chi connectivity index (χ3v) is 4.35. The largest absolute Gasteiger partial charge is 0.496 e. The highest BCUT2D eigenvalue weighted by Gasteiger charge is 2.19. The highest BCUT2D eigenvalue weighted by atomic mass is 16.5. The Hall–Kier alpha value is -3.19. The fourth-order valence-corrected chi connectivity index (χ4v) is 3.03. The van der Waals surface area contributed by atoms with Crippen LogP contribution in [0.2, 0.25) is 0 Å². The fourth-order valence-electron chi connectivity index (χ4n) is 3.03. The first kappa shape index (κ1) is 18.6. The van der Waals surface area contributed by atoms with Crippen LogP contribution < -0.4 is 15.8 Å². The number of benzene rings is 2. The van der Waals surface area contributed by atoms with Gasteiger partial charge in [0.15, 0.2) is 5.69 Å². The van der Waals surface area contributed by atoms with Gasteiger partial charge in [-0.15, -0.1) is 10.2 Å². The molecule has 0 radical (unpaired) electrons. The summed E-state index contributed by atoms with van der Waals surface area (Å²) in [5, 5.41) is 21.5. The molecule has 0 bridgehead atoms. The summed E-state index contributed by atoms with van der Waals surface area (Å²) in [5.41, 5.74) is 9.32. The van der Waals surface area contributed by atoms with Gasteiger partial charge in [-0.05, 0) is 18.1 Å². The first-order valence-electron chi connectivity index (χ1n) is 8.72. The number of fused-ring (bicyclic) bond motifs is 1. The van der Waals surface area contributed by atoms with Crippen LogP contribution in [0, 0.1) is 0 Å². The first-order chi connectivity index (χ1) is 13.1. The topological polar surface area (TPSA) is 110 Å². The second kappa shape index (κ2) is 8.01. The van der Waals surface area contributed by atoms with E-state index in [0.717, 1.165) is 17.5 Å². The lowest BCUT2D eigenvalue weighted by atomic mass is 9.96. The third-order valence-electron chi connectivity index (χ3n) is 4.35. The van der Waals surface area contributed by atoms with Crippen molar-refractivity contribution in [1.29, 1.82) is 0 Å². The molecule has 7 nitrogen and oxygen atoms in total. The van der Waals surface area contributed by atoms with Gasteiger partial charge in [0, 0.05) is 23.1 Å². The summed E-state index contributed by atoms with van der Waals surface area (Å²) >= 11 is 0. The quantitative estimate of drug-likeness (QED) is 0.618. The molecule has 3 aromatic rings. The molecule has 1 aromatic heterocycles. The van der Waals surface area contributed by atoms with Crippen molar-refractivity contribution >= 4 is 22.5 Å². The molecule has 0 saturated heterocycles. The molecule has 1 heterocycles. The molecule has 0 saturated carbocycles. The number of anilines is 1. The molecule has 0 atom stereocenters. The van der Waals surface area contributed by atoms with Crippen LogP contribution in [0.3, 0.4) is 0 Å². The summed E-state index contributed by atoms with van der Waals surface area (Å²) in [6.45, 7) is 2.36. The van der Waals surface area contributed by atoms with Crippen LogP contribution in [0.25, 0.3) is 22.0 Å². The standard InChI is InChI=1S/C20H22N4O3/c1-3-10-22-20(26)19-17(21)14-8-5-7-13(18(14)23-24-19)16-12(11-25)6-4-9-15(16)27-2/h4-9,25H,3,10-11H2,1-2H3,(H2,21,23)(H,22,26). The number of hydrogen-bond acceptors (Lipinski definition) is 6. The minimum atomic E-state index is -0.345. The zero-order valence-corrected chi connectivity index (χ0v) is 15.3. The van der Waals surface area contributed by atoms with Gasteiger partial charge in [0.25, 0.3) is 5.91 Å². The number of amides is 1. The smallest absolute Gasteiger partial charge is 0.273 e. The molecule has 0 aliphatic carbocycles. The summed E-state index contributed by atoms with van der Waals surface area (Å²) in [4.78, 5) is 12.3. The van der Waals surface area contributed by atoms with Crippen molar-refractivity contribution in [3.8, 4) is 16.9 Å². The summed E-state index contributed by atoms with van der Waals surface area (Å²) < 4.78 is 5.47. The minimum Gasteiger partial charge on any atom is -0.496 e. The molecule has 0 unspecified atom stereocenters. The number of aromatic nitrogens is 2. The number of rotatable bonds is 6. The number of aliphatic hydroxyl groups excluding tert-OH is 1. The number of hydrogen-bond donors (Lipinski definition) is 3. The van der Waals surface area contributed by atoms with Crippen molar-refractivity contribution in [2.24, 2.45) is 0 Å². The highest BCUT2D eigenvalue weighted by Crippen LogP contribution is 2.38. The molecule has 4 N–H and O–H groups in total. The van der Waals surface area contributed by atoms with Gasteiger partial charge in [0.05, 0.1) is 19.4 Å². The van der Waals surface area contributed by atoms with Crippen LogP contribution in [-0.2, 0) is 6.61 Å². The van der Waals surface area contributed by atoms with Gasteiger partial charge in [-0.1, -0.05) is 37.3 Å². The summed E-state index contributed by atoms with van der Waals surface area (Å²) in [6, 6.07) is 10.9. The number of nitrogens with zero attached hydrogens (tertiary/aromatic N) is 2. The van der Waals surface area contributed by atoms with Gasteiger partial charge in [0.1, 0.15) is 11.3 Å². The van der Waals surface area contributed by atoms with Crippen LogP contribution in [-0.4, -0.2) is 34.9 Å². The minimum absolute atomic E-state index is 0.107. The Balaban J connectivity index is 2.21. The molecule has 3 rings (SSSR count). The zero-order chi connectivity index (χ0) is 19.4. The maximum atomic E-state index is 12.3. The van der Waals surface area contributed by atoms with E-state index in [4.69, 9.17) is 10.5 Å². The van der Waals surface area contributed by atoms with Crippen LogP contribution in [0.15, 0.2) is 36.4 Å². The first-order valence-corrected chi connectivity index (χ1v) is 8.72. The Labute approximate surface area is 157 Å². The normalized spacial score (nSPS) is 10.8. The average Bonchev–Trinajstić information content (AvgIpc) is 2.71. The van der Waals surface area contributed by atoms with Crippen LogP contribution in [0.4, 0.5) is 5.69 Å². The Bertz CT molecular complexity index is 966. The third kappa shape index (κ3) is 3.41. The fraction of sp³-hybridized carbons (Fsp3) is 0.250. The monoisotopic (exact) mass is 366 g/mol. The van der Waals surface area contributed by atoms with Crippen molar-refractivity contribution < 1.29 is 14.6 Å². The van der Waals surface area contributed by atoms with E-state index in [-0.39, 0.29) is 23.9 Å². The van der Waals surface area contributed by atoms with Crippen molar-refractivity contribution in [1.82, 2.24) is 15.5 Å². The van der Waals surface area contributed by atoms with Gasteiger partial charge >= 0.3 is 0 Å². The maximum absolute atomic E-state index is 12.3. The van der Waals surface area contributed by atoms with Crippen molar-refractivity contribution in [3.63, 3.8) is 0 Å². The Morgan fingerprint density at radius 3 is 2.70 bits per heavy atom. The summed E-state index contributed by atoms with van der Waals surface area (Å²) in [5.74, 6) is 0.265. The Morgan fingerprint density at radius 1 is 1.22 bits per heavy atom. The predicted molar refractivity (Wildman–Crippen MR) is 104 cm³/mol. The number of carbonyl (C=O) groups is 1. The van der Waals surface area contributed by atoms with Crippen molar-refractivity contribution in [2.75, 3.05) is 19.4 Å². The van der Waals surface area contributed by atoms with Gasteiger partial charge in [-0.3, -0.25) is 4.79 Å². The second-order valence-electron chi connectivity index (χ2n) is 6.07. The van der Waals surface area contributed by atoms with E-state index in [9.17, 15) is 9.90 Å². The lowest BCUT2D eigenvalue weighted by Gasteiger charge is -2.15. The molecule has 0 aliphatic rings. The van der Waals surface area contributed by atoms with Crippen LogP contribution >= 0.6 is 0 Å². The number of methoxy groups -OCH3 is 1. The van der Waals surface area contributed by atoms with E-state index in [1.165, 1.54) is 0 Å². The molecule has 1 amide bonds. The van der Waals surface area contributed by atoms with E-state index < -0.39 is 0 Å². The van der Waals surface area contributed by atoms with Gasteiger partial charge in [-0.25, -0.2) is 0 Å². The molecule has 27 heavy (non-hydrogen) atoms. The molecule has 0 aliphatic heterocycles. The molecular formula is C20H22N4O3. The summed E-state index contributed by atoms with van der Waals surface area (Å²) in [6.07, 6.45) is 0.814. The number of nitrogen functional groups attached to an aromatic ring is 1. The Morgan fingerprint density at radius 2 is 2.00 bits per heavy atom. The van der Waals surface area contributed by atoms with Crippen molar-refractivity contribution in [2.45, 2.75) is 20.0 Å². The lowest BCUT2D eigenvalue weighted by Crippen LogP contribution is -2.26. The van der Waals surface area contributed by atoms with Crippen LogP contribution in [0.5, 0.6) is 5.75 Å². The molecule has 140 valence electrons. The number of aliphatic hydroxyl groups is 1. The number of carbonyl (C=O) groups excluding carboxylic acids is 1. The molecule has 7 heteroatoms.